The molecular weight excluding hydrogens is 336 g/mol. The van der Waals surface area contributed by atoms with Crippen molar-refractivity contribution >= 4 is 16.7 Å². The highest BCUT2D eigenvalue weighted by molar-refractivity contribution is 5.86. The number of ether oxygens (including phenoxy) is 1. The van der Waals surface area contributed by atoms with Gasteiger partial charge in [0.25, 0.3) is 0 Å². The van der Waals surface area contributed by atoms with E-state index >= 15 is 0 Å². The van der Waals surface area contributed by atoms with Crippen molar-refractivity contribution in [3.63, 3.8) is 0 Å². The molecule has 26 heavy (non-hydrogen) atoms. The third kappa shape index (κ3) is 4.69. The molecule has 3 aromatic rings. The van der Waals surface area contributed by atoms with Gasteiger partial charge in [0, 0.05) is 24.1 Å². The van der Waals surface area contributed by atoms with Crippen molar-refractivity contribution in [1.29, 1.82) is 0 Å². The van der Waals surface area contributed by atoms with Crippen molar-refractivity contribution in [2.45, 2.75) is 13.3 Å². The minimum atomic E-state index is -0.538. The van der Waals surface area contributed by atoms with Crippen LogP contribution in [0.15, 0.2) is 61.5 Å². The summed E-state index contributed by atoms with van der Waals surface area (Å²) in [5, 5.41) is 0.743. The van der Waals surface area contributed by atoms with Gasteiger partial charge in [-0.25, -0.2) is 13.8 Å². The monoisotopic (exact) mass is 357 g/mol. The molecule has 4 nitrogen and oxygen atoms in total. The summed E-state index contributed by atoms with van der Waals surface area (Å²) in [6, 6.07) is 5.91. The zero-order valence-corrected chi connectivity index (χ0v) is 14.5. The summed E-state index contributed by atoms with van der Waals surface area (Å²) in [5.41, 5.74) is 7.38. The lowest BCUT2D eigenvalue weighted by molar-refractivity contribution is 0.446. The number of hydrogen-bond donors (Lipinski definition) is 2. The number of benzene rings is 1. The highest BCUT2D eigenvalue weighted by Crippen LogP contribution is 2.33. The number of alkyl halides is 1. The average molecular weight is 357 g/mol. The maximum Gasteiger partial charge on any atom is 0.167 e. The summed E-state index contributed by atoms with van der Waals surface area (Å²) in [6.45, 7) is 4.74. The number of fused-ring (bicyclic) bond motifs is 1. The Hall–Kier alpha value is -3.15. The Morgan fingerprint density at radius 3 is 2.73 bits per heavy atom. The second-order valence-corrected chi connectivity index (χ2v) is 5.38. The van der Waals surface area contributed by atoms with Crippen LogP contribution in [0, 0.1) is 5.82 Å². The number of pyridine rings is 1. The molecule has 0 atom stereocenters. The van der Waals surface area contributed by atoms with Gasteiger partial charge in [-0.3, -0.25) is 0 Å². The first-order valence-electron chi connectivity index (χ1n) is 8.06. The number of anilines is 1. The number of H-pyrrole nitrogens is 1. The Morgan fingerprint density at radius 1 is 1.27 bits per heavy atom. The maximum absolute atomic E-state index is 13.9. The highest BCUT2D eigenvalue weighted by atomic mass is 19.1. The number of nitrogens with zero attached hydrogens (tertiary/aromatic N) is 1. The van der Waals surface area contributed by atoms with Crippen molar-refractivity contribution in [2.24, 2.45) is 0 Å². The van der Waals surface area contributed by atoms with Crippen LogP contribution in [0.5, 0.6) is 11.5 Å². The zero-order chi connectivity index (χ0) is 18.9. The van der Waals surface area contributed by atoms with Crippen molar-refractivity contribution in [1.82, 2.24) is 9.97 Å². The Labute approximate surface area is 151 Å². The lowest BCUT2D eigenvalue weighted by atomic mass is 10.1. The number of halogens is 2. The topological polar surface area (TPSA) is 63.9 Å². The van der Waals surface area contributed by atoms with Crippen molar-refractivity contribution in [2.75, 3.05) is 12.4 Å². The molecule has 1 aromatic carbocycles. The SMILES string of the molecule is C=CC.Nc1ccc(Oc2ccnc3[nH]cc(C/C=C/CF)c23)c(F)c1. The fourth-order valence-corrected chi connectivity index (χ4v) is 2.33. The van der Waals surface area contributed by atoms with Gasteiger partial charge in [0.05, 0.1) is 5.39 Å². The summed E-state index contributed by atoms with van der Waals surface area (Å²) in [6.07, 6.45) is 8.80. The van der Waals surface area contributed by atoms with Gasteiger partial charge in [-0.15, -0.1) is 6.58 Å². The molecule has 0 aliphatic heterocycles. The molecule has 0 fully saturated rings. The molecule has 3 rings (SSSR count). The largest absolute Gasteiger partial charge is 0.453 e. The predicted molar refractivity (Wildman–Crippen MR) is 102 cm³/mol. The van der Waals surface area contributed by atoms with E-state index in [0.717, 1.165) is 10.9 Å². The lowest BCUT2D eigenvalue weighted by Crippen LogP contribution is -1.93. The van der Waals surface area contributed by atoms with Gasteiger partial charge in [0.1, 0.15) is 18.1 Å². The molecule has 136 valence electrons. The molecule has 0 aliphatic rings. The molecule has 6 heteroatoms. The van der Waals surface area contributed by atoms with Crippen molar-refractivity contribution < 1.29 is 13.5 Å². The number of hydrogen-bond acceptors (Lipinski definition) is 3. The van der Waals surface area contributed by atoms with E-state index in [2.05, 4.69) is 16.5 Å². The van der Waals surface area contributed by atoms with Crippen LogP contribution in [-0.4, -0.2) is 16.6 Å². The predicted octanol–water partition coefficient (Wildman–Crippen LogP) is 5.34. The molecule has 0 unspecified atom stereocenters. The molecule has 3 N–H and O–H groups in total. The van der Waals surface area contributed by atoms with E-state index in [1.807, 2.05) is 6.92 Å². The fourth-order valence-electron chi connectivity index (χ4n) is 2.33. The zero-order valence-electron chi connectivity index (χ0n) is 14.5. The third-order valence-corrected chi connectivity index (χ3v) is 3.39. The van der Waals surface area contributed by atoms with Crippen LogP contribution in [0.1, 0.15) is 12.5 Å². The highest BCUT2D eigenvalue weighted by Gasteiger charge is 2.12. The Balaban J connectivity index is 0.000000758. The molecule has 2 heterocycles. The summed E-state index contributed by atoms with van der Waals surface area (Å²) in [4.78, 5) is 7.25. The number of rotatable bonds is 5. The van der Waals surface area contributed by atoms with E-state index in [1.165, 1.54) is 18.2 Å². The summed E-state index contributed by atoms with van der Waals surface area (Å²) in [7, 11) is 0. The summed E-state index contributed by atoms with van der Waals surface area (Å²) >= 11 is 0. The van der Waals surface area contributed by atoms with E-state index in [9.17, 15) is 8.78 Å². The van der Waals surface area contributed by atoms with Crippen LogP contribution in [-0.2, 0) is 6.42 Å². The first-order valence-corrected chi connectivity index (χ1v) is 8.06. The number of aromatic amines is 1. The molecule has 0 bridgehead atoms. The van der Waals surface area contributed by atoms with Crippen molar-refractivity contribution in [3.05, 3.63) is 72.8 Å². The number of allylic oxidation sites excluding steroid dienone is 3. The number of nitrogen functional groups attached to an aromatic ring is 1. The second kappa shape index (κ2) is 9.36. The van der Waals surface area contributed by atoms with E-state index in [-0.39, 0.29) is 5.75 Å². The number of nitrogens with one attached hydrogen (secondary N) is 1. The van der Waals surface area contributed by atoms with Crippen molar-refractivity contribution in [3.8, 4) is 11.5 Å². The minimum absolute atomic E-state index is 0.0816. The van der Waals surface area contributed by atoms with E-state index in [4.69, 9.17) is 10.5 Å². The molecule has 0 saturated carbocycles. The molecule has 0 amide bonds. The molecule has 2 aromatic heterocycles. The molecule has 0 radical (unpaired) electrons. The van der Waals surface area contributed by atoms with Gasteiger partial charge in [-0.2, -0.15) is 0 Å². The van der Waals surface area contributed by atoms with E-state index in [0.29, 0.717) is 23.5 Å². The van der Waals surface area contributed by atoms with E-state index < -0.39 is 12.5 Å². The van der Waals surface area contributed by atoms with Crippen LogP contribution in [0.4, 0.5) is 14.5 Å². The van der Waals surface area contributed by atoms with Crippen LogP contribution in [0.3, 0.4) is 0 Å². The smallest absolute Gasteiger partial charge is 0.167 e. The molecule has 0 spiro atoms. The molecule has 0 aliphatic carbocycles. The first-order chi connectivity index (χ1) is 12.6. The van der Waals surface area contributed by atoms with Crippen LogP contribution < -0.4 is 10.5 Å². The Morgan fingerprint density at radius 2 is 2.04 bits per heavy atom. The maximum atomic E-state index is 13.9. The lowest BCUT2D eigenvalue weighted by Gasteiger charge is -2.09. The van der Waals surface area contributed by atoms with Gasteiger partial charge in [-0.05, 0) is 37.1 Å². The fraction of sp³-hybridized carbons (Fsp3) is 0.150. The summed E-state index contributed by atoms with van der Waals surface area (Å²) in [5.74, 6) is 0.0195. The van der Waals surface area contributed by atoms with Crippen LogP contribution in [0.2, 0.25) is 0 Å². The Kier molecular flexibility index (Phi) is 6.91. The van der Waals surface area contributed by atoms with E-state index in [1.54, 1.807) is 36.7 Å². The second-order valence-electron chi connectivity index (χ2n) is 5.38. The Bertz CT molecular complexity index is 903. The quantitative estimate of drug-likeness (QED) is 0.479. The van der Waals surface area contributed by atoms with Gasteiger partial charge in [0.2, 0.25) is 0 Å². The number of aromatic nitrogens is 2. The van der Waals surface area contributed by atoms with Gasteiger partial charge < -0.3 is 15.5 Å². The summed E-state index contributed by atoms with van der Waals surface area (Å²) < 4.78 is 31.8. The van der Waals surface area contributed by atoms with Gasteiger partial charge >= 0.3 is 0 Å². The van der Waals surface area contributed by atoms with Crippen LogP contribution >= 0.6 is 0 Å². The minimum Gasteiger partial charge on any atom is -0.453 e. The van der Waals surface area contributed by atoms with Gasteiger partial charge in [0.15, 0.2) is 11.6 Å². The van der Waals surface area contributed by atoms with Gasteiger partial charge in [-0.1, -0.05) is 18.2 Å². The normalized spacial score (nSPS) is 10.6. The first kappa shape index (κ1) is 19.2. The number of nitrogens with two attached hydrogens (primary N) is 1. The molecule has 0 saturated heterocycles. The third-order valence-electron chi connectivity index (χ3n) is 3.39. The molecular formula is C20H21F2N3O. The van der Waals surface area contributed by atoms with Crippen LogP contribution in [0.25, 0.3) is 11.0 Å². The average Bonchev–Trinajstić information content (AvgIpc) is 3.03. The standard InChI is InChI=1S/C17H15F2N3O.C3H6/c18-7-2-1-3-11-10-22-17-16(11)15(6-8-21-17)23-14-5-4-12(20)9-13(14)19;1-3-2/h1-2,4-6,8-10H,3,7,20H2,(H,21,22);3H,1H2,2H3/b2-1+;.